The summed E-state index contributed by atoms with van der Waals surface area (Å²) in [6.45, 7) is 2.44. The Kier molecular flexibility index (Phi) is 7.09. The minimum absolute atomic E-state index is 0.249. The number of hydrogen-bond acceptors (Lipinski definition) is 6. The third-order valence-corrected chi connectivity index (χ3v) is 6.05. The molecule has 0 saturated carbocycles. The number of hydrogen-bond donors (Lipinski definition) is 1. The Labute approximate surface area is 171 Å². The monoisotopic (exact) mass is 419 g/mol. The van der Waals surface area contributed by atoms with Crippen LogP contribution in [-0.4, -0.2) is 21.9 Å². The third-order valence-electron chi connectivity index (χ3n) is 3.50. The van der Waals surface area contributed by atoms with Crippen molar-refractivity contribution in [1.29, 1.82) is 0 Å². The summed E-state index contributed by atoms with van der Waals surface area (Å²) < 4.78 is 6.62. The van der Waals surface area contributed by atoms with Crippen LogP contribution in [0.4, 0.5) is 5.13 Å². The summed E-state index contributed by atoms with van der Waals surface area (Å²) in [4.78, 5) is 12.5. The van der Waals surface area contributed by atoms with Gasteiger partial charge in [0, 0.05) is 21.9 Å². The van der Waals surface area contributed by atoms with Gasteiger partial charge in [0.15, 0.2) is 4.34 Å². The van der Waals surface area contributed by atoms with Crippen LogP contribution in [0, 0.1) is 0 Å². The second-order valence-corrected chi connectivity index (χ2v) is 8.31. The topological polar surface area (TPSA) is 64.1 Å². The molecular formula is C19H18ClN3O2S2. The highest BCUT2D eigenvalue weighted by Gasteiger charge is 2.11. The Morgan fingerprint density at radius 1 is 1.22 bits per heavy atom. The number of nitrogens with zero attached hydrogens (tertiary/aromatic N) is 2. The first-order valence-electron chi connectivity index (χ1n) is 8.39. The number of amides is 1. The average molecular weight is 420 g/mol. The average Bonchev–Trinajstić information content (AvgIpc) is 3.13. The predicted octanol–water partition coefficient (Wildman–Crippen LogP) is 5.52. The van der Waals surface area contributed by atoms with Crippen molar-refractivity contribution >= 4 is 45.7 Å². The zero-order valence-electron chi connectivity index (χ0n) is 14.6. The molecule has 0 spiro atoms. The number of nitrogens with one attached hydrogen (secondary N) is 1. The highest BCUT2D eigenvalue weighted by atomic mass is 35.5. The number of anilines is 1. The van der Waals surface area contributed by atoms with Gasteiger partial charge in [0.05, 0.1) is 0 Å². The van der Waals surface area contributed by atoms with Crippen LogP contribution in [0.1, 0.15) is 29.3 Å². The van der Waals surface area contributed by atoms with Gasteiger partial charge in [-0.1, -0.05) is 65.9 Å². The van der Waals surface area contributed by atoms with Crippen molar-refractivity contribution in [2.45, 2.75) is 24.3 Å². The van der Waals surface area contributed by atoms with E-state index in [1.54, 1.807) is 36.0 Å². The van der Waals surface area contributed by atoms with Gasteiger partial charge in [-0.15, -0.1) is 10.2 Å². The maximum absolute atomic E-state index is 12.5. The highest BCUT2D eigenvalue weighted by molar-refractivity contribution is 8.01. The van der Waals surface area contributed by atoms with Crippen LogP contribution in [0.25, 0.3) is 0 Å². The maximum atomic E-state index is 12.5. The molecule has 1 aromatic heterocycles. The number of carbonyl (C=O) groups is 1. The van der Waals surface area contributed by atoms with Crippen molar-refractivity contribution in [3.05, 3.63) is 64.7 Å². The minimum atomic E-state index is -0.249. The molecule has 0 saturated heterocycles. The predicted molar refractivity (Wildman–Crippen MR) is 111 cm³/mol. The Balaban J connectivity index is 1.61. The lowest BCUT2D eigenvalue weighted by molar-refractivity contribution is 0.102. The maximum Gasteiger partial charge on any atom is 0.257 e. The van der Waals surface area contributed by atoms with Crippen molar-refractivity contribution in [3.63, 3.8) is 0 Å². The van der Waals surface area contributed by atoms with Crippen molar-refractivity contribution in [3.8, 4) is 5.75 Å². The van der Waals surface area contributed by atoms with Gasteiger partial charge in [0.25, 0.3) is 5.91 Å². The molecule has 0 aliphatic heterocycles. The van der Waals surface area contributed by atoms with E-state index in [2.05, 4.69) is 22.4 Å². The van der Waals surface area contributed by atoms with Gasteiger partial charge in [-0.2, -0.15) is 0 Å². The van der Waals surface area contributed by atoms with E-state index in [1.807, 2.05) is 24.3 Å². The van der Waals surface area contributed by atoms with E-state index < -0.39 is 0 Å². The van der Waals surface area contributed by atoms with Crippen LogP contribution in [0.15, 0.2) is 52.9 Å². The lowest BCUT2D eigenvalue weighted by Gasteiger charge is -2.09. The van der Waals surface area contributed by atoms with E-state index in [4.69, 9.17) is 16.3 Å². The molecule has 0 fully saturated rings. The Bertz CT molecular complexity index is 917. The zero-order chi connectivity index (χ0) is 19.1. The molecule has 2 aromatic carbocycles. The zero-order valence-corrected chi connectivity index (χ0v) is 17.0. The summed E-state index contributed by atoms with van der Waals surface area (Å²) in [7, 11) is 0. The Hall–Kier alpha value is -2.09. The molecule has 3 aromatic rings. The molecule has 1 heterocycles. The molecule has 5 nitrogen and oxygen atoms in total. The number of rotatable bonds is 8. The first-order chi connectivity index (χ1) is 13.2. The molecule has 0 radical (unpaired) electrons. The number of aromatic nitrogens is 2. The summed E-state index contributed by atoms with van der Waals surface area (Å²) in [5, 5.41) is 12.0. The lowest BCUT2D eigenvalue weighted by Crippen LogP contribution is -2.11. The van der Waals surface area contributed by atoms with Crippen LogP contribution < -0.4 is 10.1 Å². The van der Waals surface area contributed by atoms with Crippen molar-refractivity contribution in [2.24, 2.45) is 0 Å². The molecule has 3 rings (SSSR count). The van der Waals surface area contributed by atoms with Gasteiger partial charge in [0.2, 0.25) is 5.13 Å². The second kappa shape index (κ2) is 9.73. The van der Waals surface area contributed by atoms with Crippen molar-refractivity contribution in [1.82, 2.24) is 10.2 Å². The van der Waals surface area contributed by atoms with Crippen LogP contribution in [-0.2, 0) is 6.61 Å². The number of carbonyl (C=O) groups excluding carboxylic acids is 1. The number of halogens is 1. The van der Waals surface area contributed by atoms with Gasteiger partial charge in [-0.25, -0.2) is 0 Å². The lowest BCUT2D eigenvalue weighted by atomic mass is 10.2. The Morgan fingerprint density at radius 3 is 2.89 bits per heavy atom. The first kappa shape index (κ1) is 19.7. The normalized spacial score (nSPS) is 10.6. The summed E-state index contributed by atoms with van der Waals surface area (Å²) >= 11 is 9.15. The van der Waals surface area contributed by atoms with E-state index in [9.17, 15) is 4.79 Å². The van der Waals surface area contributed by atoms with E-state index in [-0.39, 0.29) is 5.91 Å². The van der Waals surface area contributed by atoms with Crippen molar-refractivity contribution in [2.75, 3.05) is 11.1 Å². The molecule has 0 bridgehead atoms. The van der Waals surface area contributed by atoms with E-state index >= 15 is 0 Å². The summed E-state index contributed by atoms with van der Waals surface area (Å²) in [6.07, 6.45) is 1.06. The fourth-order valence-corrected chi connectivity index (χ4v) is 4.04. The molecule has 0 aliphatic rings. The van der Waals surface area contributed by atoms with Crippen LogP contribution in [0.5, 0.6) is 5.75 Å². The molecule has 1 N–H and O–H groups in total. The number of thioether (sulfide) groups is 1. The minimum Gasteiger partial charge on any atom is -0.489 e. The second-order valence-electron chi connectivity index (χ2n) is 5.58. The van der Waals surface area contributed by atoms with Gasteiger partial charge >= 0.3 is 0 Å². The van der Waals surface area contributed by atoms with Crippen LogP contribution >= 0.6 is 34.7 Å². The van der Waals surface area contributed by atoms with Crippen LogP contribution in [0.2, 0.25) is 5.02 Å². The highest BCUT2D eigenvalue weighted by Crippen LogP contribution is 2.26. The quantitative estimate of drug-likeness (QED) is 0.384. The van der Waals surface area contributed by atoms with Gasteiger partial charge in [0.1, 0.15) is 12.4 Å². The number of ether oxygens (including phenoxy) is 1. The molecule has 0 atom stereocenters. The summed E-state index contributed by atoms with van der Waals surface area (Å²) in [6, 6.07) is 14.5. The first-order valence-corrected chi connectivity index (χ1v) is 10.6. The van der Waals surface area contributed by atoms with E-state index in [0.29, 0.717) is 28.1 Å². The third kappa shape index (κ3) is 5.69. The summed E-state index contributed by atoms with van der Waals surface area (Å²) in [5.41, 5.74) is 1.38. The van der Waals surface area contributed by atoms with E-state index in [1.165, 1.54) is 11.3 Å². The smallest absolute Gasteiger partial charge is 0.257 e. The van der Waals surface area contributed by atoms with Gasteiger partial charge in [-0.3, -0.25) is 10.1 Å². The molecular weight excluding hydrogens is 402 g/mol. The molecule has 27 heavy (non-hydrogen) atoms. The molecule has 140 valence electrons. The summed E-state index contributed by atoms with van der Waals surface area (Å²) in [5.74, 6) is 1.33. The van der Waals surface area contributed by atoms with E-state index in [0.717, 1.165) is 22.1 Å². The Morgan fingerprint density at radius 2 is 2.07 bits per heavy atom. The standard InChI is InChI=1S/C19H18ClN3O2S2/c1-2-10-26-19-23-22-18(27-19)21-17(24)13-7-5-8-15(11-13)25-12-14-6-3-4-9-16(14)20/h3-9,11H,2,10,12H2,1H3,(H,21,22,24). The number of benzene rings is 2. The molecule has 1 amide bonds. The van der Waals surface area contributed by atoms with Crippen LogP contribution in [0.3, 0.4) is 0 Å². The SMILES string of the molecule is CCCSc1nnc(NC(=O)c2cccc(OCc3ccccc3Cl)c2)s1. The fraction of sp³-hybridized carbons (Fsp3) is 0.211. The van der Waals surface area contributed by atoms with Gasteiger partial charge in [-0.05, 0) is 30.7 Å². The molecule has 8 heteroatoms. The fourth-order valence-electron chi connectivity index (χ4n) is 2.18. The van der Waals surface area contributed by atoms with Crippen molar-refractivity contribution < 1.29 is 9.53 Å². The largest absolute Gasteiger partial charge is 0.489 e. The van der Waals surface area contributed by atoms with Gasteiger partial charge < -0.3 is 4.74 Å². The molecule has 0 unspecified atom stereocenters. The molecule has 0 aliphatic carbocycles.